The van der Waals surface area contributed by atoms with Crippen LogP contribution in [0.5, 0.6) is 5.75 Å². The summed E-state index contributed by atoms with van der Waals surface area (Å²) >= 11 is 0. The molecule has 0 spiro atoms. The molecule has 0 aliphatic heterocycles. The van der Waals surface area contributed by atoms with Crippen LogP contribution in [0, 0.1) is 13.8 Å². The number of carbonyl (C=O) groups is 1. The van der Waals surface area contributed by atoms with Crippen molar-refractivity contribution in [2.45, 2.75) is 13.8 Å². The van der Waals surface area contributed by atoms with E-state index >= 15 is 0 Å². The van der Waals surface area contributed by atoms with E-state index in [4.69, 9.17) is 4.74 Å². The molecule has 0 saturated carbocycles. The first-order valence-electron chi connectivity index (χ1n) is 7.44. The molecular formula is C20H17NO2. The zero-order valence-electron chi connectivity index (χ0n) is 13.1. The largest absolute Gasteiger partial charge is 0.423 e. The Kier molecular flexibility index (Phi) is 4.20. The molecule has 0 aliphatic rings. The lowest BCUT2D eigenvalue weighted by Gasteiger charge is -2.06. The predicted molar refractivity (Wildman–Crippen MR) is 90.5 cm³/mol. The highest BCUT2D eigenvalue weighted by Gasteiger charge is 2.09. The van der Waals surface area contributed by atoms with Gasteiger partial charge < -0.3 is 4.74 Å². The Morgan fingerprint density at radius 1 is 0.826 bits per heavy atom. The summed E-state index contributed by atoms with van der Waals surface area (Å²) in [6.07, 6.45) is 1.55. The molecule has 1 aromatic heterocycles. The maximum Gasteiger partial charge on any atom is 0.345 e. The molecule has 3 aromatic rings. The molecule has 0 N–H and O–H groups in total. The van der Waals surface area contributed by atoms with Crippen LogP contribution in [0.4, 0.5) is 0 Å². The quantitative estimate of drug-likeness (QED) is 0.525. The summed E-state index contributed by atoms with van der Waals surface area (Å²) in [5.74, 6) is 0.125. The Morgan fingerprint density at radius 2 is 1.43 bits per heavy atom. The molecule has 0 fully saturated rings. The van der Waals surface area contributed by atoms with Gasteiger partial charge in [0.15, 0.2) is 0 Å². The predicted octanol–water partition coefficient (Wildman–Crippen LogP) is 4.58. The van der Waals surface area contributed by atoms with Crippen molar-refractivity contribution >= 4 is 5.97 Å². The molecule has 0 bridgehead atoms. The Balaban J connectivity index is 1.74. The van der Waals surface area contributed by atoms with Gasteiger partial charge in [0.1, 0.15) is 5.75 Å². The van der Waals surface area contributed by atoms with Gasteiger partial charge in [0, 0.05) is 11.8 Å². The maximum atomic E-state index is 12.1. The summed E-state index contributed by atoms with van der Waals surface area (Å²) in [6.45, 7) is 4.03. The highest BCUT2D eigenvalue weighted by molar-refractivity contribution is 5.91. The maximum absolute atomic E-state index is 12.1. The molecule has 0 unspecified atom stereocenters. The number of hydrogen-bond donors (Lipinski definition) is 0. The first-order valence-corrected chi connectivity index (χ1v) is 7.44. The molecule has 3 rings (SSSR count). The highest BCUT2D eigenvalue weighted by Crippen LogP contribution is 2.19. The van der Waals surface area contributed by atoms with E-state index in [1.54, 1.807) is 24.4 Å². The van der Waals surface area contributed by atoms with Crippen molar-refractivity contribution in [1.82, 2.24) is 4.98 Å². The second-order valence-electron chi connectivity index (χ2n) is 5.50. The summed E-state index contributed by atoms with van der Waals surface area (Å²) < 4.78 is 5.34. The van der Waals surface area contributed by atoms with Gasteiger partial charge in [0.2, 0.25) is 0 Å². The van der Waals surface area contributed by atoms with E-state index in [2.05, 4.69) is 4.98 Å². The molecule has 23 heavy (non-hydrogen) atoms. The topological polar surface area (TPSA) is 39.2 Å². The fourth-order valence-corrected chi connectivity index (χ4v) is 2.18. The molecule has 0 radical (unpaired) electrons. The molecule has 0 atom stereocenters. The summed E-state index contributed by atoms with van der Waals surface area (Å²) in [7, 11) is 0. The molecule has 1 heterocycles. The monoisotopic (exact) mass is 303 g/mol. The molecule has 3 heteroatoms. The summed E-state index contributed by atoms with van der Waals surface area (Å²) in [4.78, 5) is 16.5. The van der Waals surface area contributed by atoms with Gasteiger partial charge in [-0.1, -0.05) is 47.5 Å². The van der Waals surface area contributed by atoms with Crippen molar-refractivity contribution in [1.29, 1.82) is 0 Å². The zero-order chi connectivity index (χ0) is 16.2. The van der Waals surface area contributed by atoms with Crippen LogP contribution >= 0.6 is 0 Å². The second kappa shape index (κ2) is 6.44. The van der Waals surface area contributed by atoms with Crippen LogP contribution in [0.15, 0.2) is 66.9 Å². The van der Waals surface area contributed by atoms with Gasteiger partial charge in [0.05, 0.1) is 11.3 Å². The third-order valence-electron chi connectivity index (χ3n) is 3.58. The Morgan fingerprint density at radius 3 is 2.00 bits per heavy atom. The van der Waals surface area contributed by atoms with Crippen molar-refractivity contribution in [3.8, 4) is 17.0 Å². The van der Waals surface area contributed by atoms with Gasteiger partial charge in [-0.2, -0.15) is 0 Å². The number of aromatic nitrogens is 1. The van der Waals surface area contributed by atoms with Crippen LogP contribution in [0.1, 0.15) is 21.5 Å². The van der Waals surface area contributed by atoms with E-state index in [9.17, 15) is 4.79 Å². The van der Waals surface area contributed by atoms with E-state index in [0.29, 0.717) is 11.3 Å². The van der Waals surface area contributed by atoms with Crippen LogP contribution in [0.3, 0.4) is 0 Å². The van der Waals surface area contributed by atoms with Crippen LogP contribution in [0.2, 0.25) is 0 Å². The number of ether oxygens (including phenoxy) is 1. The number of benzene rings is 2. The summed E-state index contributed by atoms with van der Waals surface area (Å²) in [6, 6.07) is 19.0. The number of hydrogen-bond acceptors (Lipinski definition) is 3. The van der Waals surface area contributed by atoms with Gasteiger partial charge in [-0.15, -0.1) is 0 Å². The van der Waals surface area contributed by atoms with E-state index in [-0.39, 0.29) is 0 Å². The van der Waals surface area contributed by atoms with Crippen molar-refractivity contribution in [3.05, 3.63) is 83.6 Å². The Hall–Kier alpha value is -2.94. The molecule has 114 valence electrons. The standard InChI is InChI=1S/C20H17NO2/c1-14-3-7-16(8-4-14)19-12-9-17(13-21-19)20(22)23-18-10-5-15(2)6-11-18/h3-13H,1-2H3. The van der Waals surface area contributed by atoms with Crippen LogP contribution in [-0.2, 0) is 0 Å². The minimum Gasteiger partial charge on any atom is -0.423 e. The van der Waals surface area contributed by atoms with Crippen LogP contribution < -0.4 is 4.74 Å². The molecule has 0 amide bonds. The SMILES string of the molecule is Cc1ccc(OC(=O)c2ccc(-c3ccc(C)cc3)nc2)cc1. The van der Waals surface area contributed by atoms with E-state index in [0.717, 1.165) is 16.8 Å². The number of nitrogens with zero attached hydrogens (tertiary/aromatic N) is 1. The normalized spacial score (nSPS) is 10.3. The third-order valence-corrected chi connectivity index (χ3v) is 3.58. The van der Waals surface area contributed by atoms with Gasteiger partial charge in [0.25, 0.3) is 0 Å². The molecule has 2 aromatic carbocycles. The zero-order valence-corrected chi connectivity index (χ0v) is 13.1. The van der Waals surface area contributed by atoms with Gasteiger partial charge in [-0.25, -0.2) is 4.79 Å². The number of pyridine rings is 1. The van der Waals surface area contributed by atoms with E-state index in [1.807, 2.05) is 56.3 Å². The average Bonchev–Trinajstić information content (AvgIpc) is 2.58. The van der Waals surface area contributed by atoms with E-state index < -0.39 is 5.97 Å². The molecule has 0 aliphatic carbocycles. The van der Waals surface area contributed by atoms with Crippen molar-refractivity contribution in [2.24, 2.45) is 0 Å². The van der Waals surface area contributed by atoms with Crippen molar-refractivity contribution < 1.29 is 9.53 Å². The number of esters is 1. The molecule has 0 saturated heterocycles. The van der Waals surface area contributed by atoms with Crippen LogP contribution in [0.25, 0.3) is 11.3 Å². The van der Waals surface area contributed by atoms with Gasteiger partial charge >= 0.3 is 5.97 Å². The number of carbonyl (C=O) groups excluding carboxylic acids is 1. The lowest BCUT2D eigenvalue weighted by atomic mass is 10.1. The Bertz CT molecular complexity index is 804. The lowest BCUT2D eigenvalue weighted by molar-refractivity contribution is 0.0734. The third kappa shape index (κ3) is 3.64. The lowest BCUT2D eigenvalue weighted by Crippen LogP contribution is -2.08. The van der Waals surface area contributed by atoms with E-state index in [1.165, 1.54) is 5.56 Å². The van der Waals surface area contributed by atoms with Crippen molar-refractivity contribution in [3.63, 3.8) is 0 Å². The number of aryl methyl sites for hydroxylation is 2. The minimum atomic E-state index is -0.406. The van der Waals surface area contributed by atoms with Crippen molar-refractivity contribution in [2.75, 3.05) is 0 Å². The molecular weight excluding hydrogens is 286 g/mol. The fourth-order valence-electron chi connectivity index (χ4n) is 2.18. The fraction of sp³-hybridized carbons (Fsp3) is 0.100. The molecule has 3 nitrogen and oxygen atoms in total. The Labute approximate surface area is 135 Å². The average molecular weight is 303 g/mol. The number of rotatable bonds is 3. The first kappa shape index (κ1) is 15.0. The summed E-state index contributed by atoms with van der Waals surface area (Å²) in [5.41, 5.74) is 4.60. The first-order chi connectivity index (χ1) is 11.1. The van der Waals surface area contributed by atoms with Crippen LogP contribution in [-0.4, -0.2) is 11.0 Å². The summed E-state index contributed by atoms with van der Waals surface area (Å²) in [5, 5.41) is 0. The highest BCUT2D eigenvalue weighted by atomic mass is 16.5. The minimum absolute atomic E-state index is 0.406. The van der Waals surface area contributed by atoms with Gasteiger partial charge in [-0.05, 0) is 38.1 Å². The van der Waals surface area contributed by atoms with Gasteiger partial charge in [-0.3, -0.25) is 4.98 Å². The second-order valence-corrected chi connectivity index (χ2v) is 5.50. The smallest absolute Gasteiger partial charge is 0.345 e.